The third kappa shape index (κ3) is 4.27. The van der Waals surface area contributed by atoms with E-state index in [2.05, 4.69) is 20.7 Å². The van der Waals surface area contributed by atoms with Crippen LogP contribution in [0.3, 0.4) is 0 Å². The van der Waals surface area contributed by atoms with Crippen molar-refractivity contribution in [1.82, 2.24) is 4.72 Å². The molecule has 0 aliphatic rings. The first-order valence-electron chi connectivity index (χ1n) is 6.15. The van der Waals surface area contributed by atoms with Crippen molar-refractivity contribution in [3.63, 3.8) is 0 Å². The first-order chi connectivity index (χ1) is 8.74. The molecule has 19 heavy (non-hydrogen) atoms. The Kier molecular flexibility index (Phi) is 5.55. The molecular weight excluding hydrogens is 330 g/mol. The van der Waals surface area contributed by atoms with Gasteiger partial charge in [0.15, 0.2) is 0 Å². The minimum Gasteiger partial charge on any atom is -0.396 e. The summed E-state index contributed by atoms with van der Waals surface area (Å²) in [6, 6.07) is 5.11. The summed E-state index contributed by atoms with van der Waals surface area (Å²) >= 11 is 3.28. The van der Waals surface area contributed by atoms with Crippen molar-refractivity contribution in [3.8, 4) is 0 Å². The first kappa shape index (κ1) is 16.6. The predicted octanol–water partition coefficient (Wildman–Crippen LogP) is 2.59. The summed E-state index contributed by atoms with van der Waals surface area (Å²) in [5.41, 5.74) is 0.345. The molecule has 0 fully saturated rings. The largest absolute Gasteiger partial charge is 0.396 e. The maximum atomic E-state index is 12.4. The molecule has 0 saturated heterocycles. The van der Waals surface area contributed by atoms with Gasteiger partial charge in [0.25, 0.3) is 0 Å². The lowest BCUT2D eigenvalue weighted by atomic mass is 9.97. The van der Waals surface area contributed by atoms with Gasteiger partial charge in [-0.2, -0.15) is 0 Å². The number of sulfonamides is 1. The van der Waals surface area contributed by atoms with Crippen molar-refractivity contribution in [1.29, 1.82) is 0 Å². The molecule has 108 valence electrons. The quantitative estimate of drug-likeness (QED) is 0.829. The third-order valence-corrected chi connectivity index (χ3v) is 5.82. The van der Waals surface area contributed by atoms with Crippen LogP contribution in [0.2, 0.25) is 0 Å². The highest BCUT2D eigenvalue weighted by Crippen LogP contribution is 2.25. The first-order valence-corrected chi connectivity index (χ1v) is 8.43. The van der Waals surface area contributed by atoms with Crippen LogP contribution < -0.4 is 4.72 Å². The minimum atomic E-state index is -3.61. The number of aliphatic hydroxyl groups is 1. The van der Waals surface area contributed by atoms with Gasteiger partial charge < -0.3 is 5.11 Å². The van der Waals surface area contributed by atoms with Crippen molar-refractivity contribution in [3.05, 3.63) is 28.2 Å². The molecule has 0 bridgehead atoms. The highest BCUT2D eigenvalue weighted by molar-refractivity contribution is 9.10. The zero-order valence-electron chi connectivity index (χ0n) is 11.4. The molecule has 0 aliphatic carbocycles. The van der Waals surface area contributed by atoms with Gasteiger partial charge in [0.1, 0.15) is 0 Å². The highest BCUT2D eigenvalue weighted by Gasteiger charge is 2.29. The smallest absolute Gasteiger partial charge is 0.242 e. The second kappa shape index (κ2) is 6.35. The molecule has 0 aliphatic heterocycles. The summed E-state index contributed by atoms with van der Waals surface area (Å²) in [6.07, 6.45) is 0.989. The van der Waals surface area contributed by atoms with E-state index < -0.39 is 15.6 Å². The van der Waals surface area contributed by atoms with Gasteiger partial charge in [-0.25, -0.2) is 13.1 Å². The summed E-state index contributed by atoms with van der Waals surface area (Å²) < 4.78 is 28.0. The van der Waals surface area contributed by atoms with E-state index in [1.165, 1.54) is 0 Å². The molecule has 0 aromatic heterocycles. The topological polar surface area (TPSA) is 66.4 Å². The molecule has 4 nitrogen and oxygen atoms in total. The van der Waals surface area contributed by atoms with E-state index in [1.807, 2.05) is 13.8 Å². The lowest BCUT2D eigenvalue weighted by Crippen LogP contribution is -2.46. The molecule has 0 radical (unpaired) electrons. The fourth-order valence-electron chi connectivity index (χ4n) is 1.75. The molecule has 6 heteroatoms. The van der Waals surface area contributed by atoms with Gasteiger partial charge in [-0.05, 0) is 60.3 Å². The van der Waals surface area contributed by atoms with Crippen molar-refractivity contribution < 1.29 is 13.5 Å². The van der Waals surface area contributed by atoms with E-state index in [1.54, 1.807) is 25.1 Å². The van der Waals surface area contributed by atoms with Crippen molar-refractivity contribution >= 4 is 26.0 Å². The van der Waals surface area contributed by atoms with E-state index in [9.17, 15) is 8.42 Å². The number of aryl methyl sites for hydroxylation is 1. The Bertz CT molecular complexity index is 545. The summed E-state index contributed by atoms with van der Waals surface area (Å²) in [6.45, 7) is 5.53. The Morgan fingerprint density at radius 2 is 2.05 bits per heavy atom. The molecule has 0 amide bonds. The molecule has 1 rings (SSSR count). The van der Waals surface area contributed by atoms with Crippen LogP contribution in [0, 0.1) is 6.92 Å². The van der Waals surface area contributed by atoms with Gasteiger partial charge in [0.05, 0.1) is 4.90 Å². The summed E-state index contributed by atoms with van der Waals surface area (Å²) in [4.78, 5) is 0.218. The monoisotopic (exact) mass is 349 g/mol. The van der Waals surface area contributed by atoms with Gasteiger partial charge in [0, 0.05) is 16.6 Å². The summed E-state index contributed by atoms with van der Waals surface area (Å²) in [7, 11) is -3.61. The average molecular weight is 350 g/mol. The number of hydrogen-bond acceptors (Lipinski definition) is 3. The van der Waals surface area contributed by atoms with Crippen LogP contribution in [0.25, 0.3) is 0 Å². The second-order valence-corrected chi connectivity index (χ2v) is 7.43. The van der Waals surface area contributed by atoms with Crippen LogP contribution in [0.4, 0.5) is 0 Å². The maximum Gasteiger partial charge on any atom is 0.242 e. The second-order valence-electron chi connectivity index (χ2n) is 4.93. The Morgan fingerprint density at radius 1 is 1.42 bits per heavy atom. The normalized spacial score (nSPS) is 15.2. The van der Waals surface area contributed by atoms with E-state index in [0.717, 1.165) is 5.56 Å². The van der Waals surface area contributed by atoms with Crippen molar-refractivity contribution in [2.75, 3.05) is 6.61 Å². The third-order valence-electron chi connectivity index (χ3n) is 3.20. The van der Waals surface area contributed by atoms with E-state index >= 15 is 0 Å². The van der Waals surface area contributed by atoms with Gasteiger partial charge >= 0.3 is 0 Å². The molecule has 0 saturated carbocycles. The van der Waals surface area contributed by atoms with Crippen LogP contribution in [0.15, 0.2) is 27.6 Å². The number of halogens is 1. The Hall–Kier alpha value is -0.430. The fourth-order valence-corrected chi connectivity index (χ4v) is 4.45. The van der Waals surface area contributed by atoms with E-state index in [-0.39, 0.29) is 11.5 Å². The maximum absolute atomic E-state index is 12.4. The van der Waals surface area contributed by atoms with Gasteiger partial charge in [-0.1, -0.05) is 13.0 Å². The molecule has 1 aromatic carbocycles. The van der Waals surface area contributed by atoms with Crippen molar-refractivity contribution in [2.24, 2.45) is 0 Å². The minimum absolute atomic E-state index is 0.0536. The highest BCUT2D eigenvalue weighted by atomic mass is 79.9. The number of rotatable bonds is 6. The number of nitrogens with one attached hydrogen (secondary N) is 1. The molecule has 1 aromatic rings. The molecule has 2 N–H and O–H groups in total. The van der Waals surface area contributed by atoms with Crippen LogP contribution in [0.1, 0.15) is 32.3 Å². The van der Waals surface area contributed by atoms with Crippen LogP contribution >= 0.6 is 15.9 Å². The summed E-state index contributed by atoms with van der Waals surface area (Å²) in [5.74, 6) is 0. The molecular formula is C13H20BrNO3S. The average Bonchev–Trinajstić information content (AvgIpc) is 2.27. The van der Waals surface area contributed by atoms with Gasteiger partial charge in [-0.15, -0.1) is 0 Å². The number of hydrogen-bond donors (Lipinski definition) is 2. The van der Waals surface area contributed by atoms with Gasteiger partial charge in [-0.3, -0.25) is 0 Å². The predicted molar refractivity (Wildman–Crippen MR) is 79.6 cm³/mol. The van der Waals surface area contributed by atoms with Crippen LogP contribution in [-0.2, 0) is 10.0 Å². The SMILES string of the molecule is CCC(C)(CCO)NS(=O)(=O)c1ccc(C)cc1Br. The zero-order valence-corrected chi connectivity index (χ0v) is 13.8. The zero-order chi connectivity index (χ0) is 14.7. The Balaban J connectivity index is 3.10. The molecule has 0 spiro atoms. The van der Waals surface area contributed by atoms with E-state index in [4.69, 9.17) is 5.11 Å². The van der Waals surface area contributed by atoms with Crippen molar-refractivity contribution in [2.45, 2.75) is 44.0 Å². The Labute approximate surface area is 123 Å². The summed E-state index contributed by atoms with van der Waals surface area (Å²) in [5, 5.41) is 9.05. The van der Waals surface area contributed by atoms with Crippen LogP contribution in [-0.4, -0.2) is 25.7 Å². The van der Waals surface area contributed by atoms with Gasteiger partial charge in [0.2, 0.25) is 10.0 Å². The van der Waals surface area contributed by atoms with Crippen LogP contribution in [0.5, 0.6) is 0 Å². The lowest BCUT2D eigenvalue weighted by Gasteiger charge is -2.28. The molecule has 0 heterocycles. The number of benzene rings is 1. The standard InChI is InChI=1S/C13H20BrNO3S/c1-4-13(3,7-8-16)15-19(17,18)12-6-5-10(2)9-11(12)14/h5-6,9,15-16H,4,7-8H2,1-3H3. The Morgan fingerprint density at radius 3 is 2.53 bits per heavy atom. The van der Waals surface area contributed by atoms with E-state index in [0.29, 0.717) is 17.3 Å². The number of aliphatic hydroxyl groups excluding tert-OH is 1. The molecule has 1 unspecified atom stereocenters. The molecule has 1 atom stereocenters. The lowest BCUT2D eigenvalue weighted by molar-refractivity contribution is 0.233. The fraction of sp³-hybridized carbons (Fsp3) is 0.538.